The first kappa shape index (κ1) is 16.8. The van der Waals surface area contributed by atoms with Gasteiger partial charge in [-0.05, 0) is 80.5 Å². The van der Waals surface area contributed by atoms with Gasteiger partial charge in [0.1, 0.15) is 11.6 Å². The molecule has 0 aromatic carbocycles. The van der Waals surface area contributed by atoms with E-state index in [-0.39, 0.29) is 28.8 Å². The molecule has 4 saturated carbocycles. The van der Waals surface area contributed by atoms with Crippen LogP contribution in [0.3, 0.4) is 0 Å². The molecule has 0 aliphatic heterocycles. The van der Waals surface area contributed by atoms with Crippen LogP contribution in [0.4, 0.5) is 0 Å². The first-order chi connectivity index (χ1) is 11.3. The van der Waals surface area contributed by atoms with E-state index in [1.54, 1.807) is 6.92 Å². The van der Waals surface area contributed by atoms with E-state index in [0.29, 0.717) is 42.2 Å². The summed E-state index contributed by atoms with van der Waals surface area (Å²) in [6.45, 7) is 6.42. The molecule has 4 aliphatic rings. The van der Waals surface area contributed by atoms with E-state index >= 15 is 0 Å². The summed E-state index contributed by atoms with van der Waals surface area (Å²) in [6.07, 6.45) is 7.38. The maximum absolute atomic E-state index is 13.0. The lowest BCUT2D eigenvalue weighted by Gasteiger charge is -2.60. The molecule has 3 heteroatoms. The van der Waals surface area contributed by atoms with E-state index < -0.39 is 0 Å². The lowest BCUT2D eigenvalue weighted by molar-refractivity contribution is -0.160. The zero-order chi connectivity index (χ0) is 17.3. The topological polar surface area (TPSA) is 54.4 Å². The SMILES string of the molecule is CC(=O)[C@H]1CC[C@H]2[C@@H]3CC(=O)[C@H]4C[C@@H](O)CC[C@]4(C)[C@H]3CC[C@]12C. The normalized spacial score (nSPS) is 53.9. The molecule has 8 atom stereocenters. The Morgan fingerprint density at radius 1 is 1.04 bits per heavy atom. The molecule has 0 saturated heterocycles. The lowest BCUT2D eigenvalue weighted by atomic mass is 9.44. The maximum atomic E-state index is 13.0. The Morgan fingerprint density at radius 3 is 2.42 bits per heavy atom. The van der Waals surface area contributed by atoms with Gasteiger partial charge < -0.3 is 5.11 Å². The van der Waals surface area contributed by atoms with E-state index in [4.69, 9.17) is 0 Å². The van der Waals surface area contributed by atoms with E-state index in [1.807, 2.05) is 0 Å². The summed E-state index contributed by atoms with van der Waals surface area (Å²) in [5.74, 6) is 2.64. The summed E-state index contributed by atoms with van der Waals surface area (Å²) < 4.78 is 0. The van der Waals surface area contributed by atoms with E-state index in [0.717, 1.165) is 38.5 Å². The minimum atomic E-state index is -0.286. The summed E-state index contributed by atoms with van der Waals surface area (Å²) in [6, 6.07) is 0. The van der Waals surface area contributed by atoms with Gasteiger partial charge in [-0.2, -0.15) is 0 Å². The van der Waals surface area contributed by atoms with Crippen LogP contribution in [0.15, 0.2) is 0 Å². The summed E-state index contributed by atoms with van der Waals surface area (Å²) in [5, 5.41) is 10.1. The molecule has 0 aromatic heterocycles. The fourth-order valence-corrected chi connectivity index (χ4v) is 7.69. The molecule has 134 valence electrons. The number of fused-ring (bicyclic) bond motifs is 5. The molecular weight excluding hydrogens is 300 g/mol. The quantitative estimate of drug-likeness (QED) is 0.795. The van der Waals surface area contributed by atoms with Crippen LogP contribution in [0.2, 0.25) is 0 Å². The minimum absolute atomic E-state index is 0.0665. The summed E-state index contributed by atoms with van der Waals surface area (Å²) >= 11 is 0. The molecule has 0 spiro atoms. The van der Waals surface area contributed by atoms with Gasteiger partial charge in [0, 0.05) is 18.3 Å². The predicted molar refractivity (Wildman–Crippen MR) is 92.3 cm³/mol. The minimum Gasteiger partial charge on any atom is -0.393 e. The third kappa shape index (κ3) is 2.12. The summed E-state index contributed by atoms with van der Waals surface area (Å²) in [7, 11) is 0. The fourth-order valence-electron chi connectivity index (χ4n) is 7.69. The van der Waals surface area contributed by atoms with E-state index in [9.17, 15) is 14.7 Å². The Balaban J connectivity index is 1.67. The van der Waals surface area contributed by atoms with Crippen LogP contribution >= 0.6 is 0 Å². The molecular formula is C21H32O3. The Hall–Kier alpha value is -0.700. The van der Waals surface area contributed by atoms with Crippen LogP contribution in [-0.2, 0) is 9.59 Å². The number of carbonyl (C=O) groups is 2. The number of ketones is 2. The van der Waals surface area contributed by atoms with Crippen LogP contribution < -0.4 is 0 Å². The predicted octanol–water partition coefficient (Wildman–Crippen LogP) is 3.77. The van der Waals surface area contributed by atoms with Crippen LogP contribution in [0.25, 0.3) is 0 Å². The smallest absolute Gasteiger partial charge is 0.136 e. The van der Waals surface area contributed by atoms with E-state index in [1.165, 1.54) is 0 Å². The molecule has 4 aliphatic carbocycles. The zero-order valence-corrected chi connectivity index (χ0v) is 15.4. The maximum Gasteiger partial charge on any atom is 0.136 e. The molecule has 3 nitrogen and oxygen atoms in total. The van der Waals surface area contributed by atoms with Gasteiger partial charge in [0.05, 0.1) is 6.10 Å². The van der Waals surface area contributed by atoms with Crippen LogP contribution in [0.5, 0.6) is 0 Å². The molecule has 0 unspecified atom stereocenters. The number of hydrogen-bond acceptors (Lipinski definition) is 3. The Kier molecular flexibility index (Phi) is 3.77. The van der Waals surface area contributed by atoms with Gasteiger partial charge in [0.25, 0.3) is 0 Å². The van der Waals surface area contributed by atoms with Crippen molar-refractivity contribution in [3.8, 4) is 0 Å². The number of hydrogen-bond donors (Lipinski definition) is 1. The zero-order valence-electron chi connectivity index (χ0n) is 15.4. The third-order valence-electron chi connectivity index (χ3n) is 8.92. The number of aliphatic hydroxyl groups is 1. The molecule has 4 fully saturated rings. The van der Waals surface area contributed by atoms with Gasteiger partial charge in [-0.3, -0.25) is 9.59 Å². The highest BCUT2D eigenvalue weighted by Crippen LogP contribution is 2.66. The summed E-state index contributed by atoms with van der Waals surface area (Å²) in [4.78, 5) is 25.1. The van der Waals surface area contributed by atoms with Gasteiger partial charge in [0.2, 0.25) is 0 Å². The van der Waals surface area contributed by atoms with Gasteiger partial charge in [-0.15, -0.1) is 0 Å². The van der Waals surface area contributed by atoms with Gasteiger partial charge in [-0.25, -0.2) is 0 Å². The lowest BCUT2D eigenvalue weighted by Crippen LogP contribution is -2.57. The van der Waals surface area contributed by atoms with Gasteiger partial charge >= 0.3 is 0 Å². The van der Waals surface area contributed by atoms with Crippen molar-refractivity contribution in [2.45, 2.75) is 78.2 Å². The molecule has 24 heavy (non-hydrogen) atoms. The highest BCUT2D eigenvalue weighted by molar-refractivity contribution is 5.83. The third-order valence-corrected chi connectivity index (χ3v) is 8.92. The molecule has 0 aromatic rings. The monoisotopic (exact) mass is 332 g/mol. The second-order valence-electron chi connectivity index (χ2n) is 9.82. The Morgan fingerprint density at radius 2 is 1.71 bits per heavy atom. The van der Waals surface area contributed by atoms with Crippen LogP contribution in [-0.4, -0.2) is 22.8 Å². The highest BCUT2D eigenvalue weighted by atomic mass is 16.3. The first-order valence-electron chi connectivity index (χ1n) is 9.98. The van der Waals surface area contributed by atoms with Gasteiger partial charge in [-0.1, -0.05) is 13.8 Å². The second kappa shape index (κ2) is 5.40. The fraction of sp³-hybridized carbons (Fsp3) is 0.905. The average molecular weight is 332 g/mol. The van der Waals surface area contributed by atoms with Crippen LogP contribution in [0, 0.1) is 40.4 Å². The summed E-state index contributed by atoms with van der Waals surface area (Å²) in [5.41, 5.74) is 0.194. The molecule has 0 amide bonds. The van der Waals surface area contributed by atoms with Crippen molar-refractivity contribution in [1.29, 1.82) is 0 Å². The number of rotatable bonds is 1. The average Bonchev–Trinajstić information content (AvgIpc) is 2.87. The first-order valence-corrected chi connectivity index (χ1v) is 9.98. The van der Waals surface area contributed by atoms with Crippen molar-refractivity contribution in [3.63, 3.8) is 0 Å². The Bertz CT molecular complexity index is 569. The Labute approximate surface area is 145 Å². The van der Waals surface area contributed by atoms with Crippen molar-refractivity contribution in [2.24, 2.45) is 40.4 Å². The molecule has 1 N–H and O–H groups in total. The molecule has 4 rings (SSSR count). The van der Waals surface area contributed by atoms with Crippen molar-refractivity contribution >= 4 is 11.6 Å². The number of carbonyl (C=O) groups excluding carboxylic acids is 2. The second-order valence-corrected chi connectivity index (χ2v) is 9.82. The standard InChI is InChI=1S/C21H32O3/c1-12(22)15-4-5-16-14-11-19(24)18-10-13(23)6-8-21(18,3)17(14)7-9-20(15,16)2/h13-18,23H,4-11H2,1-3H3/t13-,14-,15+,16-,17-,18+,20+,21+/m0/s1. The van der Waals surface area contributed by atoms with Crippen molar-refractivity contribution < 1.29 is 14.7 Å². The van der Waals surface area contributed by atoms with Crippen molar-refractivity contribution in [2.75, 3.05) is 0 Å². The number of aliphatic hydroxyl groups excluding tert-OH is 1. The van der Waals surface area contributed by atoms with Gasteiger partial charge in [0.15, 0.2) is 0 Å². The van der Waals surface area contributed by atoms with Crippen LogP contribution in [0.1, 0.15) is 72.1 Å². The van der Waals surface area contributed by atoms with Crippen molar-refractivity contribution in [1.82, 2.24) is 0 Å². The molecule has 0 radical (unpaired) electrons. The largest absolute Gasteiger partial charge is 0.393 e. The molecule has 0 heterocycles. The molecule has 0 bridgehead atoms. The number of Topliss-reactive ketones (excluding diaryl/α,β-unsaturated/α-hetero) is 2. The van der Waals surface area contributed by atoms with E-state index in [2.05, 4.69) is 13.8 Å². The van der Waals surface area contributed by atoms with Crippen molar-refractivity contribution in [3.05, 3.63) is 0 Å². The highest BCUT2D eigenvalue weighted by Gasteiger charge is 2.62.